The van der Waals surface area contributed by atoms with Crippen LogP contribution >= 0.6 is 23.2 Å². The van der Waals surface area contributed by atoms with Crippen LogP contribution in [0.15, 0.2) is 0 Å². The molecule has 1 fully saturated rings. The van der Waals surface area contributed by atoms with Crippen molar-refractivity contribution in [1.82, 2.24) is 0 Å². The molecule has 4 heteroatoms. The van der Waals surface area contributed by atoms with Crippen LogP contribution in [0.25, 0.3) is 0 Å². The first-order valence-corrected chi connectivity index (χ1v) is 10.5. The van der Waals surface area contributed by atoms with Gasteiger partial charge in [-0.25, -0.2) is 0 Å². The Hall–Kier alpha value is 0.210. The summed E-state index contributed by atoms with van der Waals surface area (Å²) < 4.78 is 5.94. The minimum atomic E-state index is -0.552. The van der Waals surface area contributed by atoms with Crippen LogP contribution in [0.3, 0.4) is 0 Å². The van der Waals surface area contributed by atoms with E-state index >= 15 is 0 Å². The molecule has 0 aromatic rings. The van der Waals surface area contributed by atoms with E-state index in [0.717, 1.165) is 25.7 Å². The third-order valence-corrected chi connectivity index (χ3v) is 5.48. The molecule has 0 aliphatic heterocycles. The molecule has 0 N–H and O–H groups in total. The molecule has 0 saturated heterocycles. The largest absolute Gasteiger partial charge is 0.378 e. The molecule has 136 valence electrons. The molecule has 0 bridgehead atoms. The van der Waals surface area contributed by atoms with Gasteiger partial charge in [-0.1, -0.05) is 64.2 Å². The summed E-state index contributed by atoms with van der Waals surface area (Å²) >= 11 is 11.5. The predicted octanol–water partition coefficient (Wildman–Crippen LogP) is 6.47. The molecular formula is C19H34Cl2O2. The Balaban J connectivity index is 1.78. The van der Waals surface area contributed by atoms with Crippen molar-refractivity contribution in [2.75, 3.05) is 6.61 Å². The number of hydrogen-bond acceptors (Lipinski definition) is 2. The van der Waals surface area contributed by atoms with Gasteiger partial charge in [0, 0.05) is 12.5 Å². The van der Waals surface area contributed by atoms with Crippen molar-refractivity contribution in [1.29, 1.82) is 0 Å². The Labute approximate surface area is 152 Å². The summed E-state index contributed by atoms with van der Waals surface area (Å²) in [4.78, 5) is 10.2. The predicted molar refractivity (Wildman–Crippen MR) is 99.4 cm³/mol. The Morgan fingerprint density at radius 2 is 1.43 bits per heavy atom. The number of ether oxygens (including phenoxy) is 1. The lowest BCUT2D eigenvalue weighted by Crippen LogP contribution is -2.17. The molecule has 1 aliphatic rings. The van der Waals surface area contributed by atoms with Gasteiger partial charge < -0.3 is 9.53 Å². The molecule has 0 aromatic carbocycles. The molecular weight excluding hydrogens is 331 g/mol. The van der Waals surface area contributed by atoms with E-state index in [1.54, 1.807) is 0 Å². The lowest BCUT2D eigenvalue weighted by molar-refractivity contribution is -0.110. The van der Waals surface area contributed by atoms with Gasteiger partial charge in [-0.3, -0.25) is 0 Å². The number of aldehydes is 1. The van der Waals surface area contributed by atoms with Crippen molar-refractivity contribution >= 4 is 29.5 Å². The Bertz CT molecular complexity index is 279. The fourth-order valence-corrected chi connectivity index (χ4v) is 3.65. The molecule has 1 saturated carbocycles. The maximum Gasteiger partial charge on any atom is 0.125 e. The van der Waals surface area contributed by atoms with Gasteiger partial charge in [0.15, 0.2) is 0 Å². The van der Waals surface area contributed by atoms with Crippen LogP contribution in [0.5, 0.6) is 0 Å². The van der Waals surface area contributed by atoms with Gasteiger partial charge in [-0.15, -0.1) is 23.2 Å². The summed E-state index contributed by atoms with van der Waals surface area (Å²) in [5.41, 5.74) is 0. The average Bonchev–Trinajstić information content (AvgIpc) is 2.56. The van der Waals surface area contributed by atoms with E-state index in [9.17, 15) is 4.79 Å². The summed E-state index contributed by atoms with van der Waals surface area (Å²) in [5, 5.41) is 0. The fraction of sp³-hybridized carbons (Fsp3) is 0.947. The molecule has 1 rings (SSSR count). The quantitative estimate of drug-likeness (QED) is 0.200. The molecule has 0 heterocycles. The topological polar surface area (TPSA) is 26.3 Å². The van der Waals surface area contributed by atoms with Crippen LogP contribution in [-0.4, -0.2) is 23.8 Å². The second-order valence-electron chi connectivity index (χ2n) is 6.88. The zero-order valence-corrected chi connectivity index (χ0v) is 16.0. The first-order valence-electron chi connectivity index (χ1n) is 9.59. The van der Waals surface area contributed by atoms with E-state index in [1.165, 1.54) is 77.0 Å². The molecule has 1 unspecified atom stereocenters. The maximum atomic E-state index is 10.8. The molecule has 0 radical (unpaired) electrons. The molecule has 23 heavy (non-hydrogen) atoms. The van der Waals surface area contributed by atoms with Gasteiger partial charge in [-0.05, 0) is 25.7 Å². The van der Waals surface area contributed by atoms with Crippen molar-refractivity contribution < 1.29 is 9.53 Å². The number of rotatable bonds is 14. The molecule has 2 nitrogen and oxygen atoms in total. The van der Waals surface area contributed by atoms with E-state index in [4.69, 9.17) is 27.9 Å². The summed E-state index contributed by atoms with van der Waals surface area (Å²) in [5.74, 6) is -0.192. The number of carbonyl (C=O) groups excluding carboxylic acids is 1. The monoisotopic (exact) mass is 364 g/mol. The molecule has 1 aliphatic carbocycles. The van der Waals surface area contributed by atoms with Crippen LogP contribution in [0.4, 0.5) is 0 Å². The van der Waals surface area contributed by atoms with Crippen molar-refractivity contribution in [2.24, 2.45) is 5.92 Å². The number of hydrogen-bond donors (Lipinski definition) is 0. The van der Waals surface area contributed by atoms with Crippen molar-refractivity contribution in [3.8, 4) is 0 Å². The van der Waals surface area contributed by atoms with E-state index < -0.39 is 4.84 Å². The smallest absolute Gasteiger partial charge is 0.125 e. The highest BCUT2D eigenvalue weighted by molar-refractivity contribution is 6.45. The minimum absolute atomic E-state index is 0.192. The van der Waals surface area contributed by atoms with Crippen LogP contribution < -0.4 is 0 Å². The highest BCUT2D eigenvalue weighted by Gasteiger charge is 2.15. The number of halogens is 2. The summed E-state index contributed by atoms with van der Waals surface area (Å²) in [7, 11) is 0. The standard InChI is InChI=1S/C19H34Cl2O2/c20-19(21)17(16-22)12-8-5-3-1-2-4-6-11-15-23-18-13-9-7-10-14-18/h16-19H,1-15H2. The Morgan fingerprint density at radius 3 is 2.00 bits per heavy atom. The van der Waals surface area contributed by atoms with E-state index in [0.29, 0.717) is 6.10 Å². The SMILES string of the molecule is O=CC(CCCCCCCCCCOC1CCCCC1)C(Cl)Cl. The van der Waals surface area contributed by atoms with Crippen molar-refractivity contribution in [2.45, 2.75) is 101 Å². The molecule has 0 spiro atoms. The van der Waals surface area contributed by atoms with Gasteiger partial charge in [0.2, 0.25) is 0 Å². The molecule has 1 atom stereocenters. The van der Waals surface area contributed by atoms with Crippen molar-refractivity contribution in [3.63, 3.8) is 0 Å². The summed E-state index contributed by atoms with van der Waals surface area (Å²) in [6, 6.07) is 0. The van der Waals surface area contributed by atoms with E-state index in [-0.39, 0.29) is 5.92 Å². The van der Waals surface area contributed by atoms with Crippen LogP contribution in [0, 0.1) is 5.92 Å². The number of alkyl halides is 2. The first-order chi connectivity index (χ1) is 11.2. The second-order valence-corrected chi connectivity index (χ2v) is 8.05. The lowest BCUT2D eigenvalue weighted by Gasteiger charge is -2.21. The van der Waals surface area contributed by atoms with E-state index in [1.807, 2.05) is 0 Å². The maximum absolute atomic E-state index is 10.8. The van der Waals surface area contributed by atoms with Gasteiger partial charge >= 0.3 is 0 Å². The fourth-order valence-electron chi connectivity index (χ4n) is 3.28. The second kappa shape index (κ2) is 14.5. The summed E-state index contributed by atoms with van der Waals surface area (Å²) in [6.07, 6.45) is 18.8. The number of carbonyl (C=O) groups is 1. The Morgan fingerprint density at radius 1 is 0.870 bits per heavy atom. The van der Waals surface area contributed by atoms with Gasteiger partial charge in [-0.2, -0.15) is 0 Å². The molecule has 0 aromatic heterocycles. The zero-order valence-electron chi connectivity index (χ0n) is 14.5. The lowest BCUT2D eigenvalue weighted by atomic mass is 9.98. The van der Waals surface area contributed by atoms with Crippen LogP contribution in [0.1, 0.15) is 89.9 Å². The zero-order chi connectivity index (χ0) is 16.8. The highest BCUT2D eigenvalue weighted by Crippen LogP contribution is 2.21. The average molecular weight is 365 g/mol. The highest BCUT2D eigenvalue weighted by atomic mass is 35.5. The third kappa shape index (κ3) is 11.4. The van der Waals surface area contributed by atoms with Crippen LogP contribution in [-0.2, 0) is 9.53 Å². The van der Waals surface area contributed by atoms with Crippen LogP contribution in [0.2, 0.25) is 0 Å². The van der Waals surface area contributed by atoms with E-state index in [2.05, 4.69) is 0 Å². The van der Waals surface area contributed by atoms with Crippen molar-refractivity contribution in [3.05, 3.63) is 0 Å². The first kappa shape index (κ1) is 21.3. The summed E-state index contributed by atoms with van der Waals surface area (Å²) in [6.45, 7) is 0.954. The minimum Gasteiger partial charge on any atom is -0.378 e. The van der Waals surface area contributed by atoms with Gasteiger partial charge in [0.1, 0.15) is 11.1 Å². The normalized spacial score (nSPS) is 17.5. The van der Waals surface area contributed by atoms with Gasteiger partial charge in [0.05, 0.1) is 6.10 Å². The number of unbranched alkanes of at least 4 members (excludes halogenated alkanes) is 7. The molecule has 0 amide bonds. The Kier molecular flexibility index (Phi) is 13.4. The van der Waals surface area contributed by atoms with Gasteiger partial charge in [0.25, 0.3) is 0 Å². The third-order valence-electron chi connectivity index (χ3n) is 4.84.